The maximum atomic E-state index is 12.7. The number of rotatable bonds is 10. The van der Waals surface area contributed by atoms with Gasteiger partial charge in [-0.2, -0.15) is 10.2 Å². The fourth-order valence-corrected chi connectivity index (χ4v) is 3.60. The number of carbonyl (C=O) groups excluding carboxylic acids is 2. The molecule has 10 heteroatoms. The molecule has 1 saturated heterocycles. The van der Waals surface area contributed by atoms with Crippen LogP contribution in [0, 0.1) is 0 Å². The number of hydrogen-bond acceptors (Lipinski definition) is 8. The zero-order valence-electron chi connectivity index (χ0n) is 19.5. The van der Waals surface area contributed by atoms with E-state index in [2.05, 4.69) is 20.4 Å². The van der Waals surface area contributed by atoms with Crippen LogP contribution in [0.15, 0.2) is 46.6 Å². The van der Waals surface area contributed by atoms with Crippen LogP contribution in [-0.2, 0) is 14.3 Å². The molecular weight excluding hydrogens is 460 g/mol. The van der Waals surface area contributed by atoms with Crippen molar-refractivity contribution in [2.24, 2.45) is 10.2 Å². The predicted octanol–water partition coefficient (Wildman–Crippen LogP) is 4.65. The lowest BCUT2D eigenvalue weighted by Gasteiger charge is -2.30. The highest BCUT2D eigenvalue weighted by molar-refractivity contribution is 6.33. The molecule has 1 N–H and O–H groups in total. The average molecular weight is 489 g/mol. The Bertz CT molecular complexity index is 1040. The van der Waals surface area contributed by atoms with Crippen LogP contribution < -0.4 is 19.7 Å². The molecule has 0 aromatic heterocycles. The van der Waals surface area contributed by atoms with E-state index in [9.17, 15) is 9.59 Å². The summed E-state index contributed by atoms with van der Waals surface area (Å²) in [5.41, 5.74) is 1.62. The van der Waals surface area contributed by atoms with Crippen molar-refractivity contribution in [1.82, 2.24) is 0 Å². The van der Waals surface area contributed by atoms with Gasteiger partial charge in [0.1, 0.15) is 17.2 Å². The van der Waals surface area contributed by atoms with Gasteiger partial charge in [0.25, 0.3) is 5.91 Å². The molecule has 34 heavy (non-hydrogen) atoms. The molecule has 2 aromatic rings. The van der Waals surface area contributed by atoms with E-state index in [1.807, 2.05) is 19.9 Å². The summed E-state index contributed by atoms with van der Waals surface area (Å²) in [7, 11) is 0. The van der Waals surface area contributed by atoms with E-state index in [1.54, 1.807) is 30.3 Å². The van der Waals surface area contributed by atoms with Crippen molar-refractivity contribution in [2.75, 3.05) is 49.7 Å². The van der Waals surface area contributed by atoms with Gasteiger partial charge in [-0.15, -0.1) is 0 Å². The normalized spacial score (nSPS) is 14.6. The fraction of sp³-hybridized carbons (Fsp3) is 0.417. The van der Waals surface area contributed by atoms with E-state index in [-0.39, 0.29) is 0 Å². The number of carbonyl (C=O) groups is 2. The summed E-state index contributed by atoms with van der Waals surface area (Å²) in [6, 6.07) is 8.96. The summed E-state index contributed by atoms with van der Waals surface area (Å²) in [6.07, 6.45) is 0. The number of para-hydroxylation sites is 1. The van der Waals surface area contributed by atoms with E-state index >= 15 is 0 Å². The molecule has 9 nitrogen and oxygen atoms in total. The Balaban J connectivity index is 1.91. The Hall–Kier alpha value is -3.17. The van der Waals surface area contributed by atoms with Gasteiger partial charge in [-0.05, 0) is 32.9 Å². The lowest BCUT2D eigenvalue weighted by atomic mass is 10.2. The van der Waals surface area contributed by atoms with Crippen molar-refractivity contribution in [2.45, 2.75) is 26.8 Å². The van der Waals surface area contributed by atoms with Crippen LogP contribution in [0.5, 0.6) is 11.5 Å². The second kappa shape index (κ2) is 12.3. The summed E-state index contributed by atoms with van der Waals surface area (Å²) in [4.78, 5) is 27.1. The molecule has 1 heterocycles. The lowest BCUT2D eigenvalue weighted by molar-refractivity contribution is -0.126. The molecule has 3 rings (SSSR count). The van der Waals surface area contributed by atoms with Gasteiger partial charge in [0, 0.05) is 25.2 Å². The Labute approximate surface area is 204 Å². The van der Waals surface area contributed by atoms with E-state index in [0.29, 0.717) is 54.3 Å². The number of azo groups is 1. The highest BCUT2D eigenvalue weighted by Gasteiger charge is 2.25. The van der Waals surface area contributed by atoms with Gasteiger partial charge >= 0.3 is 0 Å². The number of Topliss-reactive ketones (excluding diaryl/α,β-unsaturated/α-hetero) is 1. The molecule has 0 radical (unpaired) electrons. The first-order valence-corrected chi connectivity index (χ1v) is 11.5. The number of amides is 1. The summed E-state index contributed by atoms with van der Waals surface area (Å²) in [5, 5.41) is 11.3. The second-order valence-corrected chi connectivity index (χ2v) is 7.86. The molecule has 0 bridgehead atoms. The maximum Gasteiger partial charge on any atom is 0.258 e. The topological polar surface area (TPSA) is 102 Å². The van der Waals surface area contributed by atoms with Crippen LogP contribution in [0.3, 0.4) is 0 Å². The first-order valence-electron chi connectivity index (χ1n) is 11.2. The first-order chi connectivity index (χ1) is 16.4. The minimum atomic E-state index is -1.35. The van der Waals surface area contributed by atoms with Crippen LogP contribution in [0.1, 0.15) is 20.8 Å². The summed E-state index contributed by atoms with van der Waals surface area (Å²) in [5.74, 6) is 0.00483. The largest absolute Gasteiger partial charge is 0.492 e. The third-order valence-corrected chi connectivity index (χ3v) is 5.37. The standard InChI is InChI=1S/C24H29ClN4O5/c1-4-33-21-15-20(29-10-12-32-13-11-29)22(34-5-2)14-19(21)27-28-23(16(3)30)24(31)26-18-9-7-6-8-17(18)25/h6-9,14-15,23H,4-5,10-13H2,1-3H3,(H,26,31)/t23-/m0/s1. The smallest absolute Gasteiger partial charge is 0.258 e. The Kier molecular flexibility index (Phi) is 9.24. The van der Waals surface area contributed by atoms with Gasteiger partial charge in [-0.3, -0.25) is 9.59 Å². The molecule has 0 saturated carbocycles. The number of hydrogen-bond donors (Lipinski definition) is 1. The van der Waals surface area contributed by atoms with Crippen LogP contribution >= 0.6 is 11.6 Å². The van der Waals surface area contributed by atoms with Gasteiger partial charge in [0.2, 0.25) is 6.04 Å². The van der Waals surface area contributed by atoms with E-state index < -0.39 is 17.7 Å². The summed E-state index contributed by atoms with van der Waals surface area (Å²) in [6.45, 7) is 8.59. The van der Waals surface area contributed by atoms with Crippen molar-refractivity contribution in [3.05, 3.63) is 41.4 Å². The SMILES string of the molecule is CCOc1cc(N2CCOCC2)c(OCC)cc1N=N[C@@H](C(C)=O)C(=O)Nc1ccccc1Cl. The first kappa shape index (κ1) is 25.5. The average Bonchev–Trinajstić information content (AvgIpc) is 2.82. The number of halogens is 1. The third kappa shape index (κ3) is 6.45. The Morgan fingerprint density at radius 1 is 1.12 bits per heavy atom. The Morgan fingerprint density at radius 2 is 1.79 bits per heavy atom. The highest BCUT2D eigenvalue weighted by Crippen LogP contribution is 2.41. The minimum Gasteiger partial charge on any atom is -0.492 e. The zero-order chi connectivity index (χ0) is 24.5. The molecule has 0 unspecified atom stereocenters. The van der Waals surface area contributed by atoms with Crippen molar-refractivity contribution < 1.29 is 23.8 Å². The van der Waals surface area contributed by atoms with Crippen molar-refractivity contribution >= 4 is 40.4 Å². The Morgan fingerprint density at radius 3 is 2.44 bits per heavy atom. The van der Waals surface area contributed by atoms with E-state index in [0.717, 1.165) is 18.8 Å². The van der Waals surface area contributed by atoms with Gasteiger partial charge in [0.15, 0.2) is 5.78 Å². The summed E-state index contributed by atoms with van der Waals surface area (Å²) >= 11 is 6.11. The monoisotopic (exact) mass is 488 g/mol. The number of morpholine rings is 1. The fourth-order valence-electron chi connectivity index (χ4n) is 3.41. The van der Waals surface area contributed by atoms with Crippen molar-refractivity contribution in [1.29, 1.82) is 0 Å². The molecule has 1 amide bonds. The lowest BCUT2D eigenvalue weighted by Crippen LogP contribution is -2.36. The van der Waals surface area contributed by atoms with Gasteiger partial charge in [0.05, 0.1) is 42.8 Å². The number of benzene rings is 2. The molecule has 0 spiro atoms. The van der Waals surface area contributed by atoms with Gasteiger partial charge in [-0.25, -0.2) is 0 Å². The number of nitrogens with zero attached hydrogens (tertiary/aromatic N) is 3. The molecule has 1 fully saturated rings. The molecule has 1 aliphatic heterocycles. The minimum absolute atomic E-state index is 0.355. The zero-order valence-corrected chi connectivity index (χ0v) is 20.3. The van der Waals surface area contributed by atoms with Crippen LogP contribution in [0.4, 0.5) is 17.1 Å². The number of nitrogens with one attached hydrogen (secondary N) is 1. The second-order valence-electron chi connectivity index (χ2n) is 7.45. The van der Waals surface area contributed by atoms with Gasteiger partial charge < -0.3 is 24.4 Å². The molecular formula is C24H29ClN4O5. The van der Waals surface area contributed by atoms with Crippen molar-refractivity contribution in [3.63, 3.8) is 0 Å². The van der Waals surface area contributed by atoms with Crippen LogP contribution in [0.25, 0.3) is 0 Å². The quantitative estimate of drug-likeness (QED) is 0.385. The highest BCUT2D eigenvalue weighted by atomic mass is 35.5. The van der Waals surface area contributed by atoms with E-state index in [4.69, 9.17) is 25.8 Å². The van der Waals surface area contributed by atoms with Crippen molar-refractivity contribution in [3.8, 4) is 11.5 Å². The number of ketones is 1. The number of anilines is 2. The third-order valence-electron chi connectivity index (χ3n) is 5.04. The van der Waals surface area contributed by atoms with E-state index in [1.165, 1.54) is 6.92 Å². The number of ether oxygens (including phenoxy) is 3. The van der Waals surface area contributed by atoms with Gasteiger partial charge in [-0.1, -0.05) is 23.7 Å². The molecule has 0 aliphatic carbocycles. The predicted molar refractivity (Wildman–Crippen MR) is 131 cm³/mol. The molecule has 1 atom stereocenters. The maximum absolute atomic E-state index is 12.7. The van der Waals surface area contributed by atoms with Crippen LogP contribution in [0.2, 0.25) is 5.02 Å². The molecule has 1 aliphatic rings. The van der Waals surface area contributed by atoms with Crippen LogP contribution in [-0.4, -0.2) is 57.2 Å². The molecule has 2 aromatic carbocycles. The molecule has 182 valence electrons. The summed E-state index contributed by atoms with van der Waals surface area (Å²) < 4.78 is 17.1.